The third-order valence-corrected chi connectivity index (χ3v) is 5.22. The summed E-state index contributed by atoms with van der Waals surface area (Å²) in [4.78, 5) is 48.0. The monoisotopic (exact) mass is 418 g/mol. The second kappa shape index (κ2) is 8.95. The number of Topliss-reactive ketones (excluding diaryl/α,β-unsaturated/α-hetero) is 1. The number of nitrogens with zero attached hydrogens (tertiary/aromatic N) is 1. The van der Waals surface area contributed by atoms with Crippen molar-refractivity contribution in [3.8, 4) is 0 Å². The molecule has 0 radical (unpaired) electrons. The van der Waals surface area contributed by atoms with Crippen LogP contribution in [0.2, 0.25) is 0 Å². The molecule has 0 fully saturated rings. The minimum Gasteiger partial charge on any atom is -0.454 e. The molecular formula is C20H22N2O6S. The number of carbonyl (C=O) groups is 3. The van der Waals surface area contributed by atoms with Crippen molar-refractivity contribution in [3.05, 3.63) is 61.3 Å². The number of nitrogens with one attached hydrogen (secondary N) is 1. The first kappa shape index (κ1) is 22.2. The van der Waals surface area contributed by atoms with Gasteiger partial charge < -0.3 is 10.1 Å². The Balaban J connectivity index is 1.96. The third-order valence-electron chi connectivity index (χ3n) is 4.10. The topological polar surface area (TPSA) is 116 Å². The number of hydrogen-bond acceptors (Lipinski definition) is 7. The van der Waals surface area contributed by atoms with Gasteiger partial charge in [-0.05, 0) is 25.1 Å². The van der Waals surface area contributed by atoms with Gasteiger partial charge in [0.05, 0.1) is 21.9 Å². The molecular weight excluding hydrogens is 396 g/mol. The van der Waals surface area contributed by atoms with E-state index in [0.29, 0.717) is 11.4 Å². The minimum absolute atomic E-state index is 0.0451. The van der Waals surface area contributed by atoms with Crippen LogP contribution in [0, 0.1) is 22.5 Å². The van der Waals surface area contributed by atoms with Crippen LogP contribution >= 0.6 is 11.3 Å². The number of nitro benzene ring substituents is 1. The molecule has 8 nitrogen and oxygen atoms in total. The van der Waals surface area contributed by atoms with Crippen LogP contribution in [-0.2, 0) is 16.1 Å². The first-order valence-corrected chi connectivity index (χ1v) is 9.63. The Labute approximate surface area is 172 Å². The molecule has 0 unspecified atom stereocenters. The number of hydrogen-bond donors (Lipinski definition) is 1. The fraction of sp³-hybridized carbons (Fsp3) is 0.350. The van der Waals surface area contributed by atoms with E-state index in [1.54, 1.807) is 12.1 Å². The number of ether oxygens (including phenoxy) is 1. The Kier molecular flexibility index (Phi) is 6.86. The molecule has 0 aliphatic rings. The standard InChI is InChI=1S/C20H22N2O6S/c1-12-14(6-5-7-15(12)22(26)27)18(24)28-11-16(23)17-9-8-13(29-17)10-21-19(25)20(2,3)4/h5-9H,10-11H2,1-4H3,(H,21,25). The zero-order valence-electron chi connectivity index (χ0n) is 16.6. The zero-order valence-corrected chi connectivity index (χ0v) is 17.4. The molecule has 1 aromatic carbocycles. The van der Waals surface area contributed by atoms with Gasteiger partial charge in [-0.15, -0.1) is 11.3 Å². The molecule has 1 amide bonds. The SMILES string of the molecule is Cc1c(C(=O)OCC(=O)c2ccc(CNC(=O)C(C)(C)C)s2)cccc1[N+](=O)[O-]. The Morgan fingerprint density at radius 2 is 1.86 bits per heavy atom. The summed E-state index contributed by atoms with van der Waals surface area (Å²) in [6, 6.07) is 7.44. The molecule has 0 atom stereocenters. The Morgan fingerprint density at radius 3 is 2.48 bits per heavy atom. The summed E-state index contributed by atoms with van der Waals surface area (Å²) < 4.78 is 5.04. The molecule has 2 rings (SSSR count). The number of ketones is 1. The van der Waals surface area contributed by atoms with Crippen LogP contribution in [-0.4, -0.2) is 29.2 Å². The quantitative estimate of drug-likeness (QED) is 0.317. The smallest absolute Gasteiger partial charge is 0.339 e. The van der Waals surface area contributed by atoms with E-state index < -0.39 is 22.9 Å². The van der Waals surface area contributed by atoms with Crippen LogP contribution in [0.5, 0.6) is 0 Å². The maximum atomic E-state index is 12.3. The predicted octanol–water partition coefficient (Wildman–Crippen LogP) is 3.67. The van der Waals surface area contributed by atoms with Crippen LogP contribution in [0.1, 0.15) is 51.2 Å². The normalized spacial score (nSPS) is 11.0. The van der Waals surface area contributed by atoms with E-state index in [1.807, 2.05) is 20.8 Å². The Hall–Kier alpha value is -3.07. The van der Waals surface area contributed by atoms with Crippen molar-refractivity contribution in [3.63, 3.8) is 0 Å². The summed E-state index contributed by atoms with van der Waals surface area (Å²) in [5.74, 6) is -1.28. The average molecular weight is 418 g/mol. The predicted molar refractivity (Wildman–Crippen MR) is 108 cm³/mol. The fourth-order valence-electron chi connectivity index (χ4n) is 2.38. The van der Waals surface area contributed by atoms with Crippen molar-refractivity contribution in [2.45, 2.75) is 34.2 Å². The largest absolute Gasteiger partial charge is 0.454 e. The Bertz CT molecular complexity index is 958. The lowest BCUT2D eigenvalue weighted by atomic mass is 9.96. The highest BCUT2D eigenvalue weighted by Crippen LogP contribution is 2.22. The summed E-state index contributed by atoms with van der Waals surface area (Å²) in [6.07, 6.45) is 0. The highest BCUT2D eigenvalue weighted by Gasteiger charge is 2.22. The van der Waals surface area contributed by atoms with Crippen LogP contribution < -0.4 is 5.32 Å². The molecule has 0 bridgehead atoms. The van der Waals surface area contributed by atoms with Gasteiger partial charge in [-0.3, -0.25) is 19.7 Å². The highest BCUT2D eigenvalue weighted by molar-refractivity contribution is 7.14. The number of carbonyl (C=O) groups excluding carboxylic acids is 3. The summed E-state index contributed by atoms with van der Waals surface area (Å²) in [7, 11) is 0. The molecule has 1 aromatic heterocycles. The maximum Gasteiger partial charge on any atom is 0.339 e. The third kappa shape index (κ3) is 5.71. The second-order valence-corrected chi connectivity index (χ2v) is 8.57. The average Bonchev–Trinajstić information content (AvgIpc) is 3.12. The van der Waals surface area contributed by atoms with Crippen molar-refractivity contribution in [1.29, 1.82) is 0 Å². The highest BCUT2D eigenvalue weighted by atomic mass is 32.1. The first-order chi connectivity index (χ1) is 13.5. The van der Waals surface area contributed by atoms with Gasteiger partial charge in [0.2, 0.25) is 11.7 Å². The second-order valence-electron chi connectivity index (χ2n) is 7.40. The van der Waals surface area contributed by atoms with E-state index >= 15 is 0 Å². The lowest BCUT2D eigenvalue weighted by Crippen LogP contribution is -2.34. The van der Waals surface area contributed by atoms with Gasteiger partial charge in [-0.1, -0.05) is 26.8 Å². The lowest BCUT2D eigenvalue weighted by molar-refractivity contribution is -0.385. The molecule has 1 N–H and O–H groups in total. The number of esters is 1. The van der Waals surface area contributed by atoms with Gasteiger partial charge in [0.1, 0.15) is 0 Å². The van der Waals surface area contributed by atoms with Gasteiger partial charge in [0.25, 0.3) is 5.69 Å². The van der Waals surface area contributed by atoms with E-state index in [1.165, 1.54) is 36.5 Å². The van der Waals surface area contributed by atoms with Gasteiger partial charge in [-0.25, -0.2) is 4.79 Å². The molecule has 2 aromatic rings. The van der Waals surface area contributed by atoms with E-state index in [4.69, 9.17) is 4.74 Å². The van der Waals surface area contributed by atoms with Crippen LogP contribution in [0.3, 0.4) is 0 Å². The van der Waals surface area contributed by atoms with Gasteiger partial charge in [0, 0.05) is 21.9 Å². The Morgan fingerprint density at radius 1 is 1.17 bits per heavy atom. The van der Waals surface area contributed by atoms with E-state index in [-0.39, 0.29) is 28.5 Å². The molecule has 0 saturated carbocycles. The molecule has 0 aliphatic carbocycles. The van der Waals surface area contributed by atoms with Crippen LogP contribution in [0.25, 0.3) is 0 Å². The molecule has 0 saturated heterocycles. The molecule has 0 spiro atoms. The number of nitro groups is 1. The summed E-state index contributed by atoms with van der Waals surface area (Å²) in [5, 5.41) is 13.8. The van der Waals surface area contributed by atoms with Crippen LogP contribution in [0.15, 0.2) is 30.3 Å². The number of thiophene rings is 1. The molecule has 154 valence electrons. The van der Waals surface area contributed by atoms with Gasteiger partial charge >= 0.3 is 5.97 Å². The summed E-state index contributed by atoms with van der Waals surface area (Å²) in [5.41, 5.74) is -0.466. The van der Waals surface area contributed by atoms with E-state index in [2.05, 4.69) is 5.32 Å². The van der Waals surface area contributed by atoms with Gasteiger partial charge in [-0.2, -0.15) is 0 Å². The number of rotatable bonds is 7. The molecule has 0 aliphatic heterocycles. The number of benzene rings is 1. The van der Waals surface area contributed by atoms with Crippen molar-refractivity contribution in [2.24, 2.45) is 5.41 Å². The fourth-order valence-corrected chi connectivity index (χ4v) is 3.25. The molecule has 1 heterocycles. The van der Waals surface area contributed by atoms with E-state index in [9.17, 15) is 24.5 Å². The van der Waals surface area contributed by atoms with Crippen LogP contribution in [0.4, 0.5) is 5.69 Å². The molecule has 29 heavy (non-hydrogen) atoms. The van der Waals surface area contributed by atoms with Crippen molar-refractivity contribution in [1.82, 2.24) is 5.32 Å². The van der Waals surface area contributed by atoms with Gasteiger partial charge in [0.15, 0.2) is 6.61 Å². The lowest BCUT2D eigenvalue weighted by Gasteiger charge is -2.17. The number of amides is 1. The van der Waals surface area contributed by atoms with Crippen molar-refractivity contribution in [2.75, 3.05) is 6.61 Å². The summed E-state index contributed by atoms with van der Waals surface area (Å²) >= 11 is 1.21. The van der Waals surface area contributed by atoms with Crippen molar-refractivity contribution < 1.29 is 24.0 Å². The maximum absolute atomic E-state index is 12.3. The molecule has 9 heteroatoms. The zero-order chi connectivity index (χ0) is 21.8. The van der Waals surface area contributed by atoms with Crippen molar-refractivity contribution >= 4 is 34.7 Å². The minimum atomic E-state index is -0.797. The summed E-state index contributed by atoms with van der Waals surface area (Å²) in [6.45, 7) is 6.71. The first-order valence-electron chi connectivity index (χ1n) is 8.82. The van der Waals surface area contributed by atoms with E-state index in [0.717, 1.165) is 4.88 Å².